The number of likely N-dealkylation sites (tertiary alicyclic amines) is 1. The lowest BCUT2D eigenvalue weighted by atomic mass is 9.77. The first-order chi connectivity index (χ1) is 11.8. The third kappa shape index (κ3) is 4.93. The number of carbonyl (C=O) groups excluding carboxylic acids is 4. The van der Waals surface area contributed by atoms with Crippen LogP contribution >= 0.6 is 0 Å². The third-order valence-corrected chi connectivity index (χ3v) is 5.28. The molecule has 1 heterocycles. The first-order valence-electron chi connectivity index (χ1n) is 8.81. The number of nitrogens with zero attached hydrogens (tertiary/aromatic N) is 1. The SMILES string of the molecule is CC(=O)NNC(=O)COC(=O)[C@@H]1CC(=O)N([C@H]2CCC[C@@H](C)[C@H]2C)C1. The third-order valence-electron chi connectivity index (χ3n) is 5.28. The number of hydrogen-bond acceptors (Lipinski definition) is 5. The molecule has 1 saturated carbocycles. The lowest BCUT2D eigenvalue weighted by Gasteiger charge is -2.39. The Kier molecular flexibility index (Phi) is 6.39. The van der Waals surface area contributed by atoms with Crippen molar-refractivity contribution in [3.8, 4) is 0 Å². The molecule has 140 valence electrons. The van der Waals surface area contributed by atoms with Gasteiger partial charge in [-0.1, -0.05) is 26.7 Å². The normalized spacial score (nSPS) is 29.2. The number of hydrogen-bond donors (Lipinski definition) is 2. The van der Waals surface area contributed by atoms with Crippen LogP contribution < -0.4 is 10.9 Å². The fourth-order valence-corrected chi connectivity index (χ4v) is 3.65. The molecule has 0 aromatic heterocycles. The Morgan fingerprint density at radius 2 is 1.92 bits per heavy atom. The molecule has 25 heavy (non-hydrogen) atoms. The molecule has 8 heteroatoms. The highest BCUT2D eigenvalue weighted by molar-refractivity contribution is 5.88. The highest BCUT2D eigenvalue weighted by Crippen LogP contribution is 2.35. The Balaban J connectivity index is 1.83. The van der Waals surface area contributed by atoms with Crippen LogP contribution in [0.25, 0.3) is 0 Å². The molecule has 0 unspecified atom stereocenters. The predicted molar refractivity (Wildman–Crippen MR) is 88.7 cm³/mol. The van der Waals surface area contributed by atoms with Crippen molar-refractivity contribution >= 4 is 23.7 Å². The van der Waals surface area contributed by atoms with E-state index in [2.05, 4.69) is 24.7 Å². The van der Waals surface area contributed by atoms with Crippen LogP contribution in [0.4, 0.5) is 0 Å². The van der Waals surface area contributed by atoms with Crippen LogP contribution in [0, 0.1) is 17.8 Å². The van der Waals surface area contributed by atoms with E-state index in [1.54, 1.807) is 0 Å². The smallest absolute Gasteiger partial charge is 0.311 e. The predicted octanol–water partition coefficient (Wildman–Crippen LogP) is 0.370. The van der Waals surface area contributed by atoms with Crippen molar-refractivity contribution in [1.29, 1.82) is 0 Å². The average Bonchev–Trinajstić information content (AvgIpc) is 2.95. The van der Waals surface area contributed by atoms with Gasteiger partial charge in [-0.05, 0) is 18.3 Å². The Hall–Kier alpha value is -2.12. The summed E-state index contributed by atoms with van der Waals surface area (Å²) in [5.74, 6) is -1.18. The fourth-order valence-electron chi connectivity index (χ4n) is 3.65. The minimum Gasteiger partial charge on any atom is -0.455 e. The van der Waals surface area contributed by atoms with Gasteiger partial charge in [0.25, 0.3) is 5.91 Å². The summed E-state index contributed by atoms with van der Waals surface area (Å²) < 4.78 is 4.97. The Bertz CT molecular complexity index is 550. The summed E-state index contributed by atoms with van der Waals surface area (Å²) in [6, 6.07) is 0.178. The fraction of sp³-hybridized carbons (Fsp3) is 0.765. The van der Waals surface area contributed by atoms with Crippen LogP contribution in [0.15, 0.2) is 0 Å². The summed E-state index contributed by atoms with van der Waals surface area (Å²) >= 11 is 0. The van der Waals surface area contributed by atoms with E-state index in [-0.39, 0.29) is 18.4 Å². The molecule has 4 atom stereocenters. The van der Waals surface area contributed by atoms with Crippen molar-refractivity contribution in [1.82, 2.24) is 15.8 Å². The van der Waals surface area contributed by atoms with Crippen LogP contribution in [0.3, 0.4) is 0 Å². The maximum Gasteiger partial charge on any atom is 0.311 e. The van der Waals surface area contributed by atoms with Crippen LogP contribution in [-0.2, 0) is 23.9 Å². The van der Waals surface area contributed by atoms with Crippen molar-refractivity contribution in [2.75, 3.05) is 13.2 Å². The number of rotatable bonds is 4. The van der Waals surface area contributed by atoms with E-state index in [0.29, 0.717) is 18.4 Å². The van der Waals surface area contributed by atoms with E-state index in [1.165, 1.54) is 13.3 Å². The second kappa shape index (κ2) is 8.31. The molecular formula is C17H27N3O5. The number of carbonyl (C=O) groups is 4. The molecule has 2 aliphatic rings. The standard InChI is InChI=1S/C17H27N3O5/c1-10-5-4-6-14(11(10)2)20-8-13(7-16(20)23)17(24)25-9-15(22)19-18-12(3)21/h10-11,13-14H,4-9H2,1-3H3,(H,18,21)(H,19,22)/t10-,11-,13-,14+/m1/s1. The molecule has 1 aliphatic carbocycles. The monoisotopic (exact) mass is 353 g/mol. The molecule has 0 aromatic carbocycles. The van der Waals surface area contributed by atoms with Crippen molar-refractivity contribution in [2.24, 2.45) is 17.8 Å². The summed E-state index contributed by atoms with van der Waals surface area (Å²) in [7, 11) is 0. The maximum atomic E-state index is 12.3. The summed E-state index contributed by atoms with van der Waals surface area (Å²) in [5, 5.41) is 0. The lowest BCUT2D eigenvalue weighted by Crippen LogP contribution is -2.45. The molecule has 2 rings (SSSR count). The second-order valence-corrected chi connectivity index (χ2v) is 7.12. The van der Waals surface area contributed by atoms with Crippen molar-refractivity contribution < 1.29 is 23.9 Å². The molecule has 0 radical (unpaired) electrons. The van der Waals surface area contributed by atoms with Crippen molar-refractivity contribution in [3.05, 3.63) is 0 Å². The first-order valence-corrected chi connectivity index (χ1v) is 8.81. The molecule has 8 nitrogen and oxygen atoms in total. The average molecular weight is 353 g/mol. The van der Waals surface area contributed by atoms with E-state index in [0.717, 1.165) is 12.8 Å². The van der Waals surface area contributed by atoms with E-state index < -0.39 is 30.3 Å². The highest BCUT2D eigenvalue weighted by Gasteiger charge is 2.42. The van der Waals surface area contributed by atoms with E-state index in [1.807, 2.05) is 4.90 Å². The first kappa shape index (κ1) is 19.2. The second-order valence-electron chi connectivity index (χ2n) is 7.12. The van der Waals surface area contributed by atoms with E-state index >= 15 is 0 Å². The van der Waals surface area contributed by atoms with Gasteiger partial charge >= 0.3 is 5.97 Å². The topological polar surface area (TPSA) is 105 Å². The summed E-state index contributed by atoms with van der Waals surface area (Å²) in [6.45, 7) is 5.49. The van der Waals surface area contributed by atoms with Crippen molar-refractivity contribution in [3.63, 3.8) is 0 Å². The zero-order chi connectivity index (χ0) is 18.6. The minimum absolute atomic E-state index is 0.0180. The molecule has 0 bridgehead atoms. The number of esters is 1. The van der Waals surface area contributed by atoms with E-state index in [4.69, 9.17) is 4.74 Å². The van der Waals surface area contributed by atoms with Gasteiger partial charge in [-0.15, -0.1) is 0 Å². The maximum absolute atomic E-state index is 12.3. The van der Waals surface area contributed by atoms with Gasteiger partial charge in [0.2, 0.25) is 11.8 Å². The van der Waals surface area contributed by atoms with Gasteiger partial charge in [-0.25, -0.2) is 0 Å². The molecular weight excluding hydrogens is 326 g/mol. The highest BCUT2D eigenvalue weighted by atomic mass is 16.5. The summed E-state index contributed by atoms with van der Waals surface area (Å²) in [6.07, 6.45) is 3.37. The number of amides is 3. The molecule has 2 fully saturated rings. The van der Waals surface area contributed by atoms with Gasteiger partial charge < -0.3 is 9.64 Å². The summed E-state index contributed by atoms with van der Waals surface area (Å²) in [4.78, 5) is 48.4. The van der Waals surface area contributed by atoms with E-state index in [9.17, 15) is 19.2 Å². The molecule has 2 N–H and O–H groups in total. The van der Waals surface area contributed by atoms with Crippen molar-refractivity contribution in [2.45, 2.75) is 52.5 Å². The van der Waals surface area contributed by atoms with Crippen LogP contribution in [0.1, 0.15) is 46.5 Å². The molecule has 0 aromatic rings. The summed E-state index contributed by atoms with van der Waals surface area (Å²) in [5.41, 5.74) is 4.23. The number of nitrogens with one attached hydrogen (secondary N) is 2. The van der Waals surface area contributed by atoms with Gasteiger partial charge in [-0.3, -0.25) is 30.0 Å². The molecule has 1 aliphatic heterocycles. The van der Waals surface area contributed by atoms with Gasteiger partial charge in [-0.2, -0.15) is 0 Å². The van der Waals surface area contributed by atoms with Gasteiger partial charge in [0.05, 0.1) is 5.92 Å². The Morgan fingerprint density at radius 1 is 1.20 bits per heavy atom. The van der Waals surface area contributed by atoms with Gasteiger partial charge in [0, 0.05) is 25.9 Å². The number of ether oxygens (including phenoxy) is 1. The Labute approximate surface area is 147 Å². The Morgan fingerprint density at radius 3 is 2.60 bits per heavy atom. The number of hydrazine groups is 1. The largest absolute Gasteiger partial charge is 0.455 e. The minimum atomic E-state index is -0.626. The molecule has 3 amide bonds. The van der Waals surface area contributed by atoms with Gasteiger partial charge in [0.15, 0.2) is 6.61 Å². The van der Waals surface area contributed by atoms with Crippen LogP contribution in [0.2, 0.25) is 0 Å². The zero-order valence-corrected chi connectivity index (χ0v) is 15.0. The quantitative estimate of drug-likeness (QED) is 0.561. The van der Waals surface area contributed by atoms with Crippen LogP contribution in [0.5, 0.6) is 0 Å². The molecule has 0 spiro atoms. The zero-order valence-electron chi connectivity index (χ0n) is 15.0. The van der Waals surface area contributed by atoms with Gasteiger partial charge in [0.1, 0.15) is 0 Å². The van der Waals surface area contributed by atoms with Crippen LogP contribution in [-0.4, -0.2) is 47.8 Å². The molecule has 1 saturated heterocycles. The lowest BCUT2D eigenvalue weighted by molar-refractivity contribution is -0.152.